The van der Waals surface area contributed by atoms with E-state index >= 15 is 0 Å². The topological polar surface area (TPSA) is 69.2 Å². The molecule has 0 saturated carbocycles. The molecule has 156 valence electrons. The third-order valence-corrected chi connectivity index (χ3v) is 5.20. The van der Waals surface area contributed by atoms with Crippen LogP contribution in [0.4, 0.5) is 0 Å². The van der Waals surface area contributed by atoms with Gasteiger partial charge in [-0.15, -0.1) is 0 Å². The fourth-order valence-corrected chi connectivity index (χ4v) is 4.16. The summed E-state index contributed by atoms with van der Waals surface area (Å²) in [5.41, 5.74) is 3.29. The van der Waals surface area contributed by atoms with Gasteiger partial charge < -0.3 is 14.2 Å². The standard InChI is InChI=1S/C22H20Br2N2O4/c1-3-29-19-9-8-14-6-4-5-7-16(14)17(19)12-25-26-21(27)13-30-22-18(24)10-15(23)11-20(22)28-2/h4-12H,3,13H2,1-2H3,(H,26,27). The first kappa shape index (κ1) is 22.1. The summed E-state index contributed by atoms with van der Waals surface area (Å²) in [4.78, 5) is 12.2. The van der Waals surface area contributed by atoms with Crippen molar-refractivity contribution in [3.8, 4) is 17.2 Å². The van der Waals surface area contributed by atoms with E-state index in [1.807, 2.05) is 49.4 Å². The largest absolute Gasteiger partial charge is 0.493 e. The molecule has 0 aliphatic rings. The van der Waals surface area contributed by atoms with E-state index in [0.29, 0.717) is 28.3 Å². The zero-order chi connectivity index (χ0) is 21.5. The molecular formula is C22H20Br2N2O4. The molecule has 0 saturated heterocycles. The predicted octanol–water partition coefficient (Wildman–Crippen LogP) is 5.30. The Bertz CT molecular complexity index is 1090. The molecule has 3 rings (SSSR count). The molecule has 0 heterocycles. The summed E-state index contributed by atoms with van der Waals surface area (Å²) in [6, 6.07) is 15.4. The Labute approximate surface area is 191 Å². The number of hydrogen-bond acceptors (Lipinski definition) is 5. The van der Waals surface area contributed by atoms with Crippen molar-refractivity contribution < 1.29 is 19.0 Å². The van der Waals surface area contributed by atoms with Crippen LogP contribution in [0.2, 0.25) is 0 Å². The summed E-state index contributed by atoms with van der Waals surface area (Å²) in [6.07, 6.45) is 1.58. The average molecular weight is 536 g/mol. The Morgan fingerprint density at radius 1 is 1.10 bits per heavy atom. The quantitative estimate of drug-likeness (QED) is 0.314. The summed E-state index contributed by atoms with van der Waals surface area (Å²) >= 11 is 6.79. The van der Waals surface area contributed by atoms with E-state index in [9.17, 15) is 4.79 Å². The van der Waals surface area contributed by atoms with Crippen LogP contribution in [0, 0.1) is 0 Å². The highest BCUT2D eigenvalue weighted by Crippen LogP contribution is 2.38. The molecule has 0 aliphatic carbocycles. The Kier molecular flexibility index (Phi) is 7.70. The van der Waals surface area contributed by atoms with Gasteiger partial charge in [-0.05, 0) is 51.8 Å². The Hall–Kier alpha value is -2.58. The third kappa shape index (κ3) is 5.31. The lowest BCUT2D eigenvalue weighted by Gasteiger charge is -2.12. The van der Waals surface area contributed by atoms with Crippen LogP contribution in [-0.4, -0.2) is 32.4 Å². The van der Waals surface area contributed by atoms with Crippen molar-refractivity contribution in [1.29, 1.82) is 0 Å². The van der Waals surface area contributed by atoms with Gasteiger partial charge in [-0.25, -0.2) is 5.43 Å². The molecule has 0 unspecified atom stereocenters. The third-order valence-electron chi connectivity index (χ3n) is 4.16. The second-order valence-corrected chi connectivity index (χ2v) is 7.90. The number of benzene rings is 3. The maximum absolute atomic E-state index is 12.2. The number of fused-ring (bicyclic) bond motifs is 1. The lowest BCUT2D eigenvalue weighted by molar-refractivity contribution is -0.123. The SMILES string of the molecule is CCOc1ccc2ccccc2c1C=NNC(=O)COc1c(Br)cc(Br)cc1OC. The highest BCUT2D eigenvalue weighted by Gasteiger charge is 2.13. The number of amides is 1. The normalized spacial score (nSPS) is 10.9. The van der Waals surface area contributed by atoms with Gasteiger partial charge in [0.15, 0.2) is 18.1 Å². The Balaban J connectivity index is 1.70. The van der Waals surface area contributed by atoms with Crippen molar-refractivity contribution in [2.45, 2.75) is 6.92 Å². The van der Waals surface area contributed by atoms with Crippen LogP contribution >= 0.6 is 31.9 Å². The first-order valence-corrected chi connectivity index (χ1v) is 10.7. The molecule has 0 fully saturated rings. The van der Waals surface area contributed by atoms with Crippen molar-refractivity contribution in [3.63, 3.8) is 0 Å². The number of hydrogen-bond donors (Lipinski definition) is 1. The van der Waals surface area contributed by atoms with E-state index < -0.39 is 5.91 Å². The molecule has 0 bridgehead atoms. The fourth-order valence-electron chi connectivity index (χ4n) is 2.86. The second-order valence-electron chi connectivity index (χ2n) is 6.13. The maximum atomic E-state index is 12.2. The summed E-state index contributed by atoms with van der Waals surface area (Å²) in [5, 5.41) is 6.14. The first-order chi connectivity index (χ1) is 14.5. The van der Waals surface area contributed by atoms with E-state index in [-0.39, 0.29) is 6.61 Å². The minimum absolute atomic E-state index is 0.220. The number of rotatable bonds is 8. The molecule has 0 atom stereocenters. The molecule has 0 aromatic heterocycles. The zero-order valence-electron chi connectivity index (χ0n) is 16.4. The lowest BCUT2D eigenvalue weighted by Crippen LogP contribution is -2.24. The van der Waals surface area contributed by atoms with Crippen LogP contribution in [0.25, 0.3) is 10.8 Å². The zero-order valence-corrected chi connectivity index (χ0v) is 19.6. The molecule has 3 aromatic rings. The smallest absolute Gasteiger partial charge is 0.277 e. The van der Waals surface area contributed by atoms with Crippen LogP contribution in [0.1, 0.15) is 12.5 Å². The van der Waals surface area contributed by atoms with Gasteiger partial charge in [0.05, 0.1) is 24.4 Å². The molecular weight excluding hydrogens is 516 g/mol. The van der Waals surface area contributed by atoms with Crippen molar-refractivity contribution >= 4 is 54.8 Å². The van der Waals surface area contributed by atoms with Crippen LogP contribution < -0.4 is 19.6 Å². The molecule has 1 amide bonds. The van der Waals surface area contributed by atoms with Crippen LogP contribution in [0.3, 0.4) is 0 Å². The summed E-state index contributed by atoms with van der Waals surface area (Å²) in [5.74, 6) is 1.24. The van der Waals surface area contributed by atoms with Crippen molar-refractivity contribution in [1.82, 2.24) is 5.43 Å². The minimum atomic E-state index is -0.402. The van der Waals surface area contributed by atoms with Crippen molar-refractivity contribution in [2.75, 3.05) is 20.3 Å². The van der Waals surface area contributed by atoms with Gasteiger partial charge >= 0.3 is 0 Å². The van der Waals surface area contributed by atoms with Crippen molar-refractivity contribution in [3.05, 3.63) is 63.0 Å². The fraction of sp³-hybridized carbons (Fsp3) is 0.182. The van der Waals surface area contributed by atoms with Gasteiger partial charge in [-0.1, -0.05) is 46.3 Å². The highest BCUT2D eigenvalue weighted by molar-refractivity contribution is 9.11. The van der Waals surface area contributed by atoms with Gasteiger partial charge in [0.1, 0.15) is 5.75 Å². The van der Waals surface area contributed by atoms with E-state index in [1.54, 1.807) is 12.3 Å². The van der Waals surface area contributed by atoms with E-state index in [1.165, 1.54) is 7.11 Å². The van der Waals surface area contributed by atoms with Crippen LogP contribution in [0.5, 0.6) is 17.2 Å². The van der Waals surface area contributed by atoms with Gasteiger partial charge in [0.2, 0.25) is 0 Å². The van der Waals surface area contributed by atoms with Gasteiger partial charge in [0.25, 0.3) is 5.91 Å². The highest BCUT2D eigenvalue weighted by atomic mass is 79.9. The number of nitrogens with one attached hydrogen (secondary N) is 1. The monoisotopic (exact) mass is 534 g/mol. The van der Waals surface area contributed by atoms with Crippen LogP contribution in [-0.2, 0) is 4.79 Å². The predicted molar refractivity (Wildman–Crippen MR) is 125 cm³/mol. The molecule has 0 aliphatic heterocycles. The summed E-state index contributed by atoms with van der Waals surface area (Å²) in [6.45, 7) is 2.23. The van der Waals surface area contributed by atoms with Gasteiger partial charge in [-0.2, -0.15) is 5.10 Å². The Morgan fingerprint density at radius 3 is 2.67 bits per heavy atom. The molecule has 8 heteroatoms. The molecule has 1 N–H and O–H groups in total. The number of carbonyl (C=O) groups excluding carboxylic acids is 1. The number of nitrogens with zero attached hydrogens (tertiary/aromatic N) is 1. The Morgan fingerprint density at radius 2 is 1.90 bits per heavy atom. The van der Waals surface area contributed by atoms with Gasteiger partial charge in [0, 0.05) is 10.0 Å². The molecule has 3 aromatic carbocycles. The van der Waals surface area contributed by atoms with E-state index in [0.717, 1.165) is 20.8 Å². The van der Waals surface area contributed by atoms with E-state index in [2.05, 4.69) is 42.4 Å². The van der Waals surface area contributed by atoms with Gasteiger partial charge in [-0.3, -0.25) is 4.79 Å². The average Bonchev–Trinajstić information content (AvgIpc) is 2.74. The van der Waals surface area contributed by atoms with E-state index in [4.69, 9.17) is 14.2 Å². The first-order valence-electron chi connectivity index (χ1n) is 9.15. The van der Waals surface area contributed by atoms with Crippen LogP contribution in [0.15, 0.2) is 62.6 Å². The molecule has 0 radical (unpaired) electrons. The minimum Gasteiger partial charge on any atom is -0.493 e. The van der Waals surface area contributed by atoms with Crippen molar-refractivity contribution in [2.24, 2.45) is 5.10 Å². The second kappa shape index (κ2) is 10.4. The molecule has 0 spiro atoms. The number of halogens is 2. The summed E-state index contributed by atoms with van der Waals surface area (Å²) < 4.78 is 18.1. The maximum Gasteiger partial charge on any atom is 0.277 e. The molecule has 6 nitrogen and oxygen atoms in total. The molecule has 30 heavy (non-hydrogen) atoms. The number of carbonyl (C=O) groups is 1. The summed E-state index contributed by atoms with van der Waals surface area (Å²) in [7, 11) is 1.53. The number of methoxy groups -OCH3 is 1. The number of ether oxygens (including phenoxy) is 3. The number of hydrazone groups is 1. The lowest BCUT2D eigenvalue weighted by atomic mass is 10.0.